The van der Waals surface area contributed by atoms with Crippen LogP contribution < -0.4 is 29.3 Å². The van der Waals surface area contributed by atoms with Crippen molar-refractivity contribution in [3.05, 3.63) is 52.4 Å². The van der Waals surface area contributed by atoms with Gasteiger partial charge in [0.2, 0.25) is 5.75 Å². The molecular weight excluding hydrogens is 518 g/mol. The molecule has 0 unspecified atom stereocenters. The summed E-state index contributed by atoms with van der Waals surface area (Å²) in [7, 11) is 7.55. The van der Waals surface area contributed by atoms with Crippen LogP contribution in [0.3, 0.4) is 0 Å². The lowest BCUT2D eigenvalue weighted by atomic mass is 9.91. The van der Waals surface area contributed by atoms with E-state index in [9.17, 15) is 15.0 Å². The average Bonchev–Trinajstić information content (AvgIpc) is 3.33. The summed E-state index contributed by atoms with van der Waals surface area (Å²) in [6.07, 6.45) is 0.426. The van der Waals surface area contributed by atoms with Crippen molar-refractivity contribution in [2.45, 2.75) is 13.0 Å². The summed E-state index contributed by atoms with van der Waals surface area (Å²) in [6, 6.07) is 10.3. The molecule has 6 rings (SSSR count). The Morgan fingerprint density at radius 3 is 2.15 bits per heavy atom. The molecular formula is C30H27NO9. The highest BCUT2D eigenvalue weighted by molar-refractivity contribution is 6.17. The van der Waals surface area contributed by atoms with Gasteiger partial charge >= 0.3 is 5.63 Å². The fourth-order valence-electron chi connectivity index (χ4n) is 5.67. The van der Waals surface area contributed by atoms with Crippen LogP contribution in [0.25, 0.3) is 44.3 Å². The molecule has 0 saturated heterocycles. The topological polar surface area (TPSA) is 122 Å². The van der Waals surface area contributed by atoms with Gasteiger partial charge in [-0.3, -0.25) is 0 Å². The molecule has 5 aromatic rings. The fourth-order valence-corrected chi connectivity index (χ4v) is 5.67. The number of aromatic nitrogens is 1. The Bertz CT molecular complexity index is 1860. The first kappa shape index (κ1) is 25.3. The smallest absolute Gasteiger partial charge is 0.361 e. The van der Waals surface area contributed by atoms with Crippen molar-refractivity contribution in [3.63, 3.8) is 0 Å². The van der Waals surface area contributed by atoms with Crippen LogP contribution >= 0.6 is 0 Å². The molecule has 0 saturated carbocycles. The zero-order valence-electron chi connectivity index (χ0n) is 22.6. The van der Waals surface area contributed by atoms with E-state index >= 15 is 0 Å². The van der Waals surface area contributed by atoms with Gasteiger partial charge in [-0.1, -0.05) is 0 Å². The number of fused-ring (bicyclic) bond motifs is 7. The number of methoxy groups -OCH3 is 5. The summed E-state index contributed by atoms with van der Waals surface area (Å²) < 4.78 is 35.2. The Morgan fingerprint density at radius 1 is 0.825 bits per heavy atom. The van der Waals surface area contributed by atoms with Crippen molar-refractivity contribution < 1.29 is 38.3 Å². The van der Waals surface area contributed by atoms with Gasteiger partial charge in [-0.2, -0.15) is 0 Å². The van der Waals surface area contributed by atoms with Crippen LogP contribution in [0, 0.1) is 0 Å². The van der Waals surface area contributed by atoms with E-state index in [1.807, 2.05) is 16.7 Å². The molecule has 0 amide bonds. The highest BCUT2D eigenvalue weighted by atomic mass is 16.5. The average molecular weight is 546 g/mol. The molecule has 3 heterocycles. The van der Waals surface area contributed by atoms with Crippen molar-refractivity contribution in [1.82, 2.24) is 4.57 Å². The summed E-state index contributed by atoms with van der Waals surface area (Å²) in [5.74, 6) is 1.73. The molecule has 0 spiro atoms. The molecule has 0 fully saturated rings. The van der Waals surface area contributed by atoms with Gasteiger partial charge in [0.05, 0.1) is 41.2 Å². The molecule has 10 nitrogen and oxygen atoms in total. The summed E-state index contributed by atoms with van der Waals surface area (Å²) in [5, 5.41) is 22.8. The van der Waals surface area contributed by atoms with E-state index in [0.29, 0.717) is 74.5 Å². The number of nitrogens with zero attached hydrogens (tertiary/aromatic N) is 1. The third kappa shape index (κ3) is 3.52. The molecule has 0 radical (unpaired) electrons. The van der Waals surface area contributed by atoms with Gasteiger partial charge in [0, 0.05) is 46.1 Å². The van der Waals surface area contributed by atoms with Gasteiger partial charge in [0.15, 0.2) is 23.0 Å². The van der Waals surface area contributed by atoms with Gasteiger partial charge in [-0.25, -0.2) is 4.79 Å². The first-order valence-electron chi connectivity index (χ1n) is 12.5. The van der Waals surface area contributed by atoms with Gasteiger partial charge in [0.25, 0.3) is 0 Å². The minimum atomic E-state index is -0.567. The van der Waals surface area contributed by atoms with Crippen molar-refractivity contribution >= 4 is 21.9 Å². The third-order valence-corrected chi connectivity index (χ3v) is 7.44. The Morgan fingerprint density at radius 2 is 1.52 bits per heavy atom. The Hall–Kier alpha value is -4.99. The standard InChI is InChI=1S/C30H27NO9/c1-35-15-8-14(9-16(10-15)36-2)24-25-19-12-22(37-3)20(32)13-21(19)40-30(34)27(25)31-7-6-17-18(26(24)31)11-23(38-4)29(39-5)28(17)33/h8-13,32-33H,6-7H2,1-5H3. The van der Waals surface area contributed by atoms with E-state index in [2.05, 4.69) is 0 Å². The lowest BCUT2D eigenvalue weighted by Crippen LogP contribution is -2.15. The van der Waals surface area contributed by atoms with Crippen LogP contribution in [0.15, 0.2) is 45.6 Å². The van der Waals surface area contributed by atoms with Crippen molar-refractivity contribution in [2.75, 3.05) is 35.5 Å². The second-order valence-electron chi connectivity index (χ2n) is 9.35. The van der Waals surface area contributed by atoms with Crippen LogP contribution in [0.1, 0.15) is 5.56 Å². The Balaban J connectivity index is 1.86. The number of hydrogen-bond acceptors (Lipinski definition) is 9. The Labute approximate surface area is 228 Å². The van der Waals surface area contributed by atoms with Crippen molar-refractivity contribution in [3.8, 4) is 62.6 Å². The van der Waals surface area contributed by atoms with Crippen molar-refractivity contribution in [1.29, 1.82) is 0 Å². The van der Waals surface area contributed by atoms with E-state index < -0.39 is 5.63 Å². The summed E-state index contributed by atoms with van der Waals surface area (Å²) in [6.45, 7) is 0.383. The second kappa shape index (κ2) is 9.33. The minimum absolute atomic E-state index is 0.0222. The predicted octanol–water partition coefficient (Wildman–Crippen LogP) is 5.09. The van der Waals surface area contributed by atoms with Gasteiger partial charge < -0.3 is 42.9 Å². The number of aryl methyl sites for hydroxylation is 1. The molecule has 0 bridgehead atoms. The van der Waals surface area contributed by atoms with Crippen LogP contribution in [-0.2, 0) is 13.0 Å². The lowest BCUT2D eigenvalue weighted by molar-refractivity contribution is 0.331. The van der Waals surface area contributed by atoms with Crippen molar-refractivity contribution in [2.24, 2.45) is 0 Å². The number of rotatable bonds is 6. The van der Waals surface area contributed by atoms with Crippen LogP contribution in [0.4, 0.5) is 0 Å². The molecule has 40 heavy (non-hydrogen) atoms. The normalized spacial score (nSPS) is 12.2. The lowest BCUT2D eigenvalue weighted by Gasteiger charge is -2.24. The first-order valence-corrected chi connectivity index (χ1v) is 12.5. The zero-order chi connectivity index (χ0) is 28.3. The summed E-state index contributed by atoms with van der Waals surface area (Å²) in [5.41, 5.74) is 3.37. The highest BCUT2D eigenvalue weighted by Gasteiger charge is 2.33. The second-order valence-corrected chi connectivity index (χ2v) is 9.35. The van der Waals surface area contributed by atoms with E-state index in [-0.39, 0.29) is 28.6 Å². The SMILES string of the molecule is COc1cc(OC)cc(-c2c3n(c4c(=O)oc5cc(O)c(OC)cc5c24)CCc2c-3cc(OC)c(OC)c2O)c1. The van der Waals surface area contributed by atoms with Crippen LogP contribution in [0.2, 0.25) is 0 Å². The Kier molecular flexibility index (Phi) is 5.90. The fraction of sp³-hybridized carbons (Fsp3) is 0.233. The van der Waals surface area contributed by atoms with E-state index in [4.69, 9.17) is 28.1 Å². The monoisotopic (exact) mass is 545 g/mol. The molecule has 0 aliphatic carbocycles. The van der Waals surface area contributed by atoms with Crippen LogP contribution in [-0.4, -0.2) is 50.3 Å². The van der Waals surface area contributed by atoms with Gasteiger partial charge in [-0.15, -0.1) is 0 Å². The molecule has 2 aromatic heterocycles. The number of benzene rings is 3. The summed E-state index contributed by atoms with van der Waals surface area (Å²) in [4.78, 5) is 13.6. The number of phenols is 2. The number of aromatic hydroxyl groups is 2. The molecule has 3 aromatic carbocycles. The molecule has 206 valence electrons. The quantitative estimate of drug-likeness (QED) is 0.281. The zero-order valence-corrected chi connectivity index (χ0v) is 22.6. The van der Waals surface area contributed by atoms with Gasteiger partial charge in [0.1, 0.15) is 22.6 Å². The largest absolute Gasteiger partial charge is 0.504 e. The predicted molar refractivity (Wildman–Crippen MR) is 149 cm³/mol. The maximum atomic E-state index is 13.6. The summed E-state index contributed by atoms with van der Waals surface area (Å²) >= 11 is 0. The molecule has 1 aliphatic heterocycles. The minimum Gasteiger partial charge on any atom is -0.504 e. The van der Waals surface area contributed by atoms with E-state index in [0.717, 1.165) is 0 Å². The van der Waals surface area contributed by atoms with E-state index in [1.54, 1.807) is 32.4 Å². The first-order chi connectivity index (χ1) is 19.3. The molecule has 10 heteroatoms. The number of hydrogen-bond donors (Lipinski definition) is 2. The third-order valence-electron chi connectivity index (χ3n) is 7.44. The molecule has 0 atom stereocenters. The van der Waals surface area contributed by atoms with Crippen LogP contribution in [0.5, 0.6) is 40.2 Å². The number of phenolic OH excluding ortho intramolecular Hbond substituents is 2. The molecule has 1 aliphatic rings. The van der Waals surface area contributed by atoms with Gasteiger partial charge in [-0.05, 0) is 36.2 Å². The molecule has 2 N–H and O–H groups in total. The number of ether oxygens (including phenoxy) is 5. The maximum absolute atomic E-state index is 13.6. The maximum Gasteiger partial charge on any atom is 0.361 e. The highest BCUT2D eigenvalue weighted by Crippen LogP contribution is 2.52. The van der Waals surface area contributed by atoms with E-state index in [1.165, 1.54) is 27.4 Å².